The molecule has 3 nitrogen and oxygen atoms in total. The highest BCUT2D eigenvalue weighted by Crippen LogP contribution is 2.20. The monoisotopic (exact) mass is 226 g/mol. The predicted octanol–water partition coefficient (Wildman–Crippen LogP) is 2.15. The number of hydrogen-bond donors (Lipinski definition) is 1. The fourth-order valence-electron chi connectivity index (χ4n) is 2.54. The van der Waals surface area contributed by atoms with Gasteiger partial charge in [-0.1, -0.05) is 20.8 Å². The molecule has 2 atom stereocenters. The number of rotatable bonds is 4. The lowest BCUT2D eigenvalue weighted by atomic mass is 9.97. The second kappa shape index (κ2) is 6.24. The average Bonchev–Trinajstić information content (AvgIpc) is 2.27. The number of carbonyl (C=O) groups excluding carboxylic acids is 1. The normalized spacial score (nSPS) is 23.6. The van der Waals surface area contributed by atoms with Crippen LogP contribution in [0, 0.1) is 5.92 Å². The van der Waals surface area contributed by atoms with Gasteiger partial charge in [0.2, 0.25) is 5.91 Å². The average molecular weight is 226 g/mol. The SMILES string of the molecule is CCC1CCCCN1C(=O)[C@@H](N)CC(C)C. The van der Waals surface area contributed by atoms with E-state index in [4.69, 9.17) is 5.73 Å². The third kappa shape index (κ3) is 3.48. The van der Waals surface area contributed by atoms with Gasteiger partial charge in [-0.05, 0) is 38.0 Å². The van der Waals surface area contributed by atoms with Crippen LogP contribution in [0.2, 0.25) is 0 Å². The van der Waals surface area contributed by atoms with E-state index < -0.39 is 0 Å². The number of amides is 1. The molecule has 1 rings (SSSR count). The fraction of sp³-hybridized carbons (Fsp3) is 0.923. The van der Waals surface area contributed by atoms with E-state index in [9.17, 15) is 4.79 Å². The summed E-state index contributed by atoms with van der Waals surface area (Å²) in [6.45, 7) is 7.29. The van der Waals surface area contributed by atoms with Crippen molar-refractivity contribution < 1.29 is 4.79 Å². The minimum Gasteiger partial charge on any atom is -0.338 e. The van der Waals surface area contributed by atoms with Gasteiger partial charge in [-0.15, -0.1) is 0 Å². The molecule has 3 heteroatoms. The molecule has 0 aromatic heterocycles. The first kappa shape index (κ1) is 13.5. The number of likely N-dealkylation sites (tertiary alicyclic amines) is 1. The van der Waals surface area contributed by atoms with Crippen molar-refractivity contribution in [3.8, 4) is 0 Å². The Balaban J connectivity index is 2.56. The van der Waals surface area contributed by atoms with Crippen LogP contribution in [0.3, 0.4) is 0 Å². The van der Waals surface area contributed by atoms with Gasteiger partial charge in [0.15, 0.2) is 0 Å². The van der Waals surface area contributed by atoms with Crippen molar-refractivity contribution in [1.29, 1.82) is 0 Å². The largest absolute Gasteiger partial charge is 0.338 e. The van der Waals surface area contributed by atoms with Gasteiger partial charge in [-0.2, -0.15) is 0 Å². The van der Waals surface area contributed by atoms with Crippen LogP contribution in [-0.4, -0.2) is 29.4 Å². The highest BCUT2D eigenvalue weighted by molar-refractivity contribution is 5.82. The molecule has 0 aromatic carbocycles. The molecule has 0 saturated carbocycles. The van der Waals surface area contributed by atoms with Crippen molar-refractivity contribution >= 4 is 5.91 Å². The van der Waals surface area contributed by atoms with Gasteiger partial charge in [0.1, 0.15) is 0 Å². The summed E-state index contributed by atoms with van der Waals surface area (Å²) in [6.07, 6.45) is 5.39. The molecular weight excluding hydrogens is 200 g/mol. The Kier molecular flexibility index (Phi) is 5.26. The maximum Gasteiger partial charge on any atom is 0.239 e. The van der Waals surface area contributed by atoms with Gasteiger partial charge in [0, 0.05) is 12.6 Å². The van der Waals surface area contributed by atoms with Crippen LogP contribution in [0.1, 0.15) is 52.9 Å². The summed E-state index contributed by atoms with van der Waals surface area (Å²) in [5.41, 5.74) is 5.97. The molecule has 16 heavy (non-hydrogen) atoms. The Morgan fingerprint density at radius 2 is 2.12 bits per heavy atom. The van der Waals surface area contributed by atoms with Crippen molar-refractivity contribution in [2.24, 2.45) is 11.7 Å². The van der Waals surface area contributed by atoms with E-state index in [1.165, 1.54) is 6.42 Å². The second-order valence-corrected chi connectivity index (χ2v) is 5.33. The number of piperidine rings is 1. The van der Waals surface area contributed by atoms with Gasteiger partial charge < -0.3 is 10.6 Å². The summed E-state index contributed by atoms with van der Waals surface area (Å²) in [4.78, 5) is 14.2. The molecule has 1 fully saturated rings. The van der Waals surface area contributed by atoms with Crippen LogP contribution >= 0.6 is 0 Å². The molecule has 0 aliphatic carbocycles. The van der Waals surface area contributed by atoms with E-state index in [1.54, 1.807) is 0 Å². The Hall–Kier alpha value is -0.570. The molecule has 0 aromatic rings. The minimum atomic E-state index is -0.299. The molecule has 1 unspecified atom stereocenters. The van der Waals surface area contributed by atoms with E-state index in [1.807, 2.05) is 4.90 Å². The van der Waals surface area contributed by atoms with Crippen LogP contribution in [-0.2, 0) is 4.79 Å². The first-order valence-corrected chi connectivity index (χ1v) is 6.62. The number of hydrogen-bond acceptors (Lipinski definition) is 2. The first-order chi connectivity index (χ1) is 7.56. The maximum atomic E-state index is 12.2. The van der Waals surface area contributed by atoms with Crippen LogP contribution in [0.15, 0.2) is 0 Å². The summed E-state index contributed by atoms with van der Waals surface area (Å²) in [5.74, 6) is 0.657. The van der Waals surface area contributed by atoms with Gasteiger partial charge in [-0.25, -0.2) is 0 Å². The predicted molar refractivity (Wildman–Crippen MR) is 67.1 cm³/mol. The number of nitrogens with zero attached hydrogens (tertiary/aromatic N) is 1. The lowest BCUT2D eigenvalue weighted by Gasteiger charge is -2.37. The highest BCUT2D eigenvalue weighted by Gasteiger charge is 2.28. The number of nitrogens with two attached hydrogens (primary N) is 1. The molecule has 0 radical (unpaired) electrons. The van der Waals surface area contributed by atoms with Crippen molar-refractivity contribution in [2.45, 2.75) is 65.0 Å². The van der Waals surface area contributed by atoms with E-state index in [2.05, 4.69) is 20.8 Å². The molecule has 1 aliphatic rings. The third-order valence-electron chi connectivity index (χ3n) is 3.42. The standard InChI is InChI=1S/C13H26N2O/c1-4-11-7-5-6-8-15(11)13(16)12(14)9-10(2)3/h10-12H,4-9,14H2,1-3H3/t11?,12-/m0/s1. The lowest BCUT2D eigenvalue weighted by molar-refractivity contribution is -0.136. The summed E-state index contributed by atoms with van der Waals surface area (Å²) in [6, 6.07) is 0.131. The molecular formula is C13H26N2O. The number of carbonyl (C=O) groups is 1. The second-order valence-electron chi connectivity index (χ2n) is 5.33. The van der Waals surface area contributed by atoms with Gasteiger partial charge >= 0.3 is 0 Å². The van der Waals surface area contributed by atoms with Crippen molar-refractivity contribution in [3.63, 3.8) is 0 Å². The smallest absolute Gasteiger partial charge is 0.239 e. The fourth-order valence-corrected chi connectivity index (χ4v) is 2.54. The van der Waals surface area contributed by atoms with Crippen molar-refractivity contribution in [2.75, 3.05) is 6.54 Å². The van der Waals surface area contributed by atoms with Crippen molar-refractivity contribution in [1.82, 2.24) is 4.90 Å². The van der Waals surface area contributed by atoms with Crippen LogP contribution < -0.4 is 5.73 Å². The Morgan fingerprint density at radius 1 is 1.44 bits per heavy atom. The van der Waals surface area contributed by atoms with Crippen LogP contribution in [0.25, 0.3) is 0 Å². The molecule has 0 spiro atoms. The lowest BCUT2D eigenvalue weighted by Crippen LogP contribution is -2.50. The Morgan fingerprint density at radius 3 is 2.69 bits per heavy atom. The van der Waals surface area contributed by atoms with E-state index in [-0.39, 0.29) is 11.9 Å². The van der Waals surface area contributed by atoms with E-state index in [0.717, 1.165) is 32.2 Å². The topological polar surface area (TPSA) is 46.3 Å². The van der Waals surface area contributed by atoms with Crippen molar-refractivity contribution in [3.05, 3.63) is 0 Å². The summed E-state index contributed by atoms with van der Waals surface area (Å²) in [7, 11) is 0. The molecule has 2 N–H and O–H groups in total. The maximum absolute atomic E-state index is 12.2. The van der Waals surface area contributed by atoms with E-state index in [0.29, 0.717) is 12.0 Å². The van der Waals surface area contributed by atoms with Gasteiger partial charge in [0.05, 0.1) is 6.04 Å². The van der Waals surface area contributed by atoms with Gasteiger partial charge in [-0.3, -0.25) is 4.79 Å². The van der Waals surface area contributed by atoms with Gasteiger partial charge in [0.25, 0.3) is 0 Å². The summed E-state index contributed by atoms with van der Waals surface area (Å²) in [5, 5.41) is 0. The molecule has 0 bridgehead atoms. The molecule has 1 heterocycles. The molecule has 1 saturated heterocycles. The zero-order valence-electron chi connectivity index (χ0n) is 10.9. The zero-order chi connectivity index (χ0) is 12.1. The quantitative estimate of drug-likeness (QED) is 0.798. The Labute approximate surface area is 99.4 Å². The Bertz CT molecular complexity index is 228. The van der Waals surface area contributed by atoms with E-state index >= 15 is 0 Å². The van der Waals surface area contributed by atoms with Crippen LogP contribution in [0.5, 0.6) is 0 Å². The van der Waals surface area contributed by atoms with Crippen LogP contribution in [0.4, 0.5) is 0 Å². The molecule has 94 valence electrons. The zero-order valence-corrected chi connectivity index (χ0v) is 10.9. The molecule has 1 aliphatic heterocycles. The highest BCUT2D eigenvalue weighted by atomic mass is 16.2. The first-order valence-electron chi connectivity index (χ1n) is 6.62. The summed E-state index contributed by atoms with van der Waals surface area (Å²) < 4.78 is 0. The minimum absolute atomic E-state index is 0.167. The molecule has 1 amide bonds. The third-order valence-corrected chi connectivity index (χ3v) is 3.42. The summed E-state index contributed by atoms with van der Waals surface area (Å²) >= 11 is 0.